The molecular weight excluding hydrogens is 326 g/mol. The van der Waals surface area contributed by atoms with Crippen molar-refractivity contribution in [3.8, 4) is 11.8 Å². The molecule has 5 nitrogen and oxygen atoms in total. The summed E-state index contributed by atoms with van der Waals surface area (Å²) in [5.41, 5.74) is 2.99. The van der Waals surface area contributed by atoms with Gasteiger partial charge in [0.2, 0.25) is 5.91 Å². The second-order valence-corrected chi connectivity index (χ2v) is 6.58. The maximum absolute atomic E-state index is 13.1. The van der Waals surface area contributed by atoms with E-state index in [0.29, 0.717) is 12.2 Å². The minimum absolute atomic E-state index is 0.0217. The van der Waals surface area contributed by atoms with E-state index in [9.17, 15) is 4.79 Å². The van der Waals surface area contributed by atoms with Gasteiger partial charge in [0.15, 0.2) is 6.61 Å². The van der Waals surface area contributed by atoms with Crippen LogP contribution in [-0.4, -0.2) is 32.1 Å². The number of ether oxygens (including phenoxy) is 1. The minimum Gasteiger partial charge on any atom is -0.479 e. The number of hydrogen-bond acceptors (Lipinski definition) is 4. The van der Waals surface area contributed by atoms with Crippen LogP contribution in [0, 0.1) is 11.3 Å². The van der Waals surface area contributed by atoms with Crippen molar-refractivity contribution in [1.29, 1.82) is 5.26 Å². The molecule has 0 fully saturated rings. The molecule has 0 unspecified atom stereocenters. The Morgan fingerprint density at radius 2 is 1.88 bits per heavy atom. The van der Waals surface area contributed by atoms with Gasteiger partial charge in [-0.15, -0.1) is 0 Å². The number of fused-ring (bicyclic) bond motifs is 1. The van der Waals surface area contributed by atoms with E-state index >= 15 is 0 Å². The number of para-hydroxylation sites is 2. The van der Waals surface area contributed by atoms with E-state index in [1.165, 1.54) is 0 Å². The van der Waals surface area contributed by atoms with E-state index in [-0.39, 0.29) is 18.6 Å². The first-order chi connectivity index (χ1) is 12.6. The number of rotatable bonds is 4. The molecule has 1 aliphatic rings. The first-order valence-corrected chi connectivity index (χ1v) is 8.81. The van der Waals surface area contributed by atoms with Gasteiger partial charge in [0, 0.05) is 19.6 Å². The lowest BCUT2D eigenvalue weighted by atomic mass is 10.1. The van der Waals surface area contributed by atoms with Gasteiger partial charge in [-0.05, 0) is 43.2 Å². The van der Waals surface area contributed by atoms with Crippen LogP contribution in [0.15, 0.2) is 48.5 Å². The molecule has 1 aliphatic heterocycles. The zero-order chi connectivity index (χ0) is 18.5. The Kier molecular flexibility index (Phi) is 5.43. The van der Waals surface area contributed by atoms with E-state index in [2.05, 4.69) is 24.9 Å². The molecule has 0 aliphatic carbocycles. The Hall–Kier alpha value is -3.00. The molecule has 1 amide bonds. The van der Waals surface area contributed by atoms with Crippen LogP contribution in [-0.2, 0) is 11.2 Å². The molecule has 134 valence electrons. The van der Waals surface area contributed by atoms with Crippen molar-refractivity contribution in [2.45, 2.75) is 25.8 Å². The highest BCUT2D eigenvalue weighted by Gasteiger charge is 2.28. The zero-order valence-corrected chi connectivity index (χ0v) is 15.2. The number of anilines is 2. The van der Waals surface area contributed by atoms with Crippen LogP contribution in [0.4, 0.5) is 11.4 Å². The minimum atomic E-state index is 0.0217. The Morgan fingerprint density at radius 3 is 2.58 bits per heavy atom. The molecule has 2 aromatic rings. The van der Waals surface area contributed by atoms with Crippen molar-refractivity contribution in [2.75, 3.05) is 30.0 Å². The van der Waals surface area contributed by atoms with Gasteiger partial charge < -0.3 is 14.5 Å². The van der Waals surface area contributed by atoms with Gasteiger partial charge in [-0.3, -0.25) is 4.79 Å². The van der Waals surface area contributed by atoms with Crippen LogP contribution in [0.3, 0.4) is 0 Å². The summed E-state index contributed by atoms with van der Waals surface area (Å²) >= 11 is 0. The molecule has 2 aromatic carbocycles. The highest BCUT2D eigenvalue weighted by molar-refractivity contribution is 5.98. The number of amides is 1. The molecule has 1 atom stereocenters. The summed E-state index contributed by atoms with van der Waals surface area (Å²) in [6, 6.07) is 17.5. The third kappa shape index (κ3) is 3.80. The van der Waals surface area contributed by atoms with Gasteiger partial charge in [-0.1, -0.05) is 24.3 Å². The average molecular weight is 349 g/mol. The normalized spacial score (nSPS) is 16.4. The fourth-order valence-corrected chi connectivity index (χ4v) is 3.32. The summed E-state index contributed by atoms with van der Waals surface area (Å²) in [4.78, 5) is 17.2. The van der Waals surface area contributed by atoms with Gasteiger partial charge >= 0.3 is 0 Å². The predicted molar refractivity (Wildman–Crippen MR) is 103 cm³/mol. The lowest BCUT2D eigenvalue weighted by molar-refractivity contribution is -0.118. The lowest BCUT2D eigenvalue weighted by Gasteiger charge is -2.28. The Balaban J connectivity index is 1.80. The maximum Gasteiger partial charge on any atom is 0.231 e. The molecule has 1 heterocycles. The molecule has 0 spiro atoms. The van der Waals surface area contributed by atoms with Gasteiger partial charge in [0.1, 0.15) is 11.8 Å². The standard InChI is InChI=1S/C21H23N3O2/c1-16-11-13-23(2)19-5-3-4-6-20(19)24(16)21(25)15-17-7-9-18(10-8-17)26-14-12-22/h3-10,16H,11,13-15H2,1-2H3/t16-/m0/s1. The van der Waals surface area contributed by atoms with Crippen LogP contribution in [0.25, 0.3) is 0 Å². The zero-order valence-electron chi connectivity index (χ0n) is 15.2. The van der Waals surface area contributed by atoms with Gasteiger partial charge in [0.05, 0.1) is 17.8 Å². The maximum atomic E-state index is 13.1. The van der Waals surface area contributed by atoms with Crippen LogP contribution in [0.1, 0.15) is 18.9 Å². The molecule has 26 heavy (non-hydrogen) atoms. The number of benzene rings is 2. The van der Waals surface area contributed by atoms with Crippen molar-refractivity contribution >= 4 is 17.3 Å². The van der Waals surface area contributed by atoms with Crippen molar-refractivity contribution in [1.82, 2.24) is 0 Å². The van der Waals surface area contributed by atoms with Crippen LogP contribution >= 0.6 is 0 Å². The summed E-state index contributed by atoms with van der Waals surface area (Å²) in [7, 11) is 2.07. The van der Waals surface area contributed by atoms with Crippen molar-refractivity contribution in [3.05, 3.63) is 54.1 Å². The number of hydrogen-bond donors (Lipinski definition) is 0. The average Bonchev–Trinajstić information content (AvgIpc) is 2.78. The Morgan fingerprint density at radius 1 is 1.19 bits per heavy atom. The third-order valence-electron chi connectivity index (χ3n) is 4.73. The van der Waals surface area contributed by atoms with E-state index in [1.54, 1.807) is 12.1 Å². The van der Waals surface area contributed by atoms with Crippen LogP contribution in [0.2, 0.25) is 0 Å². The van der Waals surface area contributed by atoms with Gasteiger partial charge in [-0.25, -0.2) is 0 Å². The van der Waals surface area contributed by atoms with Crippen LogP contribution < -0.4 is 14.5 Å². The molecule has 0 N–H and O–H groups in total. The molecule has 0 aromatic heterocycles. The highest BCUT2D eigenvalue weighted by Crippen LogP contribution is 2.34. The first-order valence-electron chi connectivity index (χ1n) is 8.81. The summed E-state index contributed by atoms with van der Waals surface area (Å²) in [5.74, 6) is 0.726. The molecule has 0 saturated carbocycles. The molecule has 0 bridgehead atoms. The van der Waals surface area contributed by atoms with Crippen molar-refractivity contribution in [3.63, 3.8) is 0 Å². The fourth-order valence-electron chi connectivity index (χ4n) is 3.32. The summed E-state index contributed by atoms with van der Waals surface area (Å²) in [5, 5.41) is 8.56. The number of carbonyl (C=O) groups is 1. The van der Waals surface area contributed by atoms with E-state index in [0.717, 1.165) is 29.9 Å². The number of nitrogens with zero attached hydrogens (tertiary/aromatic N) is 3. The fraction of sp³-hybridized carbons (Fsp3) is 0.333. The van der Waals surface area contributed by atoms with Gasteiger partial charge in [0.25, 0.3) is 0 Å². The number of carbonyl (C=O) groups excluding carboxylic acids is 1. The predicted octanol–water partition coefficient (Wildman–Crippen LogP) is 3.39. The third-order valence-corrected chi connectivity index (χ3v) is 4.73. The van der Waals surface area contributed by atoms with Crippen LogP contribution in [0.5, 0.6) is 5.75 Å². The first kappa shape index (κ1) is 17.8. The van der Waals surface area contributed by atoms with E-state index < -0.39 is 0 Å². The molecule has 5 heteroatoms. The lowest BCUT2D eigenvalue weighted by Crippen LogP contribution is -2.39. The smallest absolute Gasteiger partial charge is 0.231 e. The summed E-state index contributed by atoms with van der Waals surface area (Å²) in [6.07, 6.45) is 1.26. The van der Waals surface area contributed by atoms with Crippen molar-refractivity contribution in [2.24, 2.45) is 0 Å². The monoisotopic (exact) mass is 349 g/mol. The van der Waals surface area contributed by atoms with E-state index in [1.807, 2.05) is 41.3 Å². The quantitative estimate of drug-likeness (QED) is 0.849. The topological polar surface area (TPSA) is 56.6 Å². The molecule has 3 rings (SSSR count). The summed E-state index contributed by atoms with van der Waals surface area (Å²) < 4.78 is 5.26. The molecule has 0 saturated heterocycles. The highest BCUT2D eigenvalue weighted by atomic mass is 16.5. The SMILES string of the molecule is C[C@H]1CCN(C)c2ccccc2N1C(=O)Cc1ccc(OCC#N)cc1. The number of nitriles is 1. The van der Waals surface area contributed by atoms with E-state index in [4.69, 9.17) is 10.00 Å². The Bertz CT molecular complexity index is 811. The van der Waals surface area contributed by atoms with Crippen molar-refractivity contribution < 1.29 is 9.53 Å². The second kappa shape index (κ2) is 7.92. The Labute approximate surface area is 154 Å². The molecule has 0 radical (unpaired) electrons. The second-order valence-electron chi connectivity index (χ2n) is 6.58. The largest absolute Gasteiger partial charge is 0.479 e. The summed E-state index contributed by atoms with van der Waals surface area (Å²) in [6.45, 7) is 3.05. The van der Waals surface area contributed by atoms with Gasteiger partial charge in [-0.2, -0.15) is 5.26 Å². The molecular formula is C21H23N3O2.